The number of rotatable bonds is 9. The first-order valence-electron chi connectivity index (χ1n) is 12.4. The average molecular weight is 671 g/mol. The number of carbonyl (C=O) groups is 2. The van der Waals surface area contributed by atoms with Gasteiger partial charge in [-0.3, -0.25) is 9.59 Å². The molecule has 2 aromatic carbocycles. The second kappa shape index (κ2) is 13.4. The van der Waals surface area contributed by atoms with Crippen molar-refractivity contribution in [2.24, 2.45) is 0 Å². The number of hydrogen-bond donors (Lipinski definition) is 2. The number of nitrogens with one attached hydrogen (secondary N) is 2. The van der Waals surface area contributed by atoms with E-state index >= 15 is 0 Å². The molecule has 8 nitrogen and oxygen atoms in total. The lowest BCUT2D eigenvalue weighted by molar-refractivity contribution is -0.118. The highest BCUT2D eigenvalue weighted by Gasteiger charge is 2.23. The lowest BCUT2D eigenvalue weighted by Gasteiger charge is -2.15. The lowest BCUT2D eigenvalue weighted by Crippen LogP contribution is -2.20. The molecule has 204 valence electrons. The maximum Gasteiger partial charge on any atom is 0.266 e. The number of carbonyl (C=O) groups excluding carboxylic acids is 2. The molecule has 0 atom stereocenters. The van der Waals surface area contributed by atoms with Gasteiger partial charge in [0.25, 0.3) is 11.8 Å². The van der Waals surface area contributed by atoms with Crippen LogP contribution < -0.4 is 20.1 Å². The van der Waals surface area contributed by atoms with Gasteiger partial charge in [0.05, 0.1) is 15.7 Å². The van der Waals surface area contributed by atoms with Gasteiger partial charge in [0.1, 0.15) is 28.5 Å². The van der Waals surface area contributed by atoms with Crippen LogP contribution in [0.25, 0.3) is 6.08 Å². The quantitative estimate of drug-likeness (QED) is 0.159. The minimum absolute atomic E-state index is 0.138. The molecule has 2 N–H and O–H groups in total. The second-order valence-electron chi connectivity index (χ2n) is 8.76. The van der Waals surface area contributed by atoms with E-state index in [1.54, 1.807) is 19.1 Å². The van der Waals surface area contributed by atoms with Gasteiger partial charge in [-0.2, -0.15) is 10.5 Å². The number of benzene rings is 2. The smallest absolute Gasteiger partial charge is 0.266 e. The summed E-state index contributed by atoms with van der Waals surface area (Å²) in [6, 6.07) is 12.8. The van der Waals surface area contributed by atoms with Crippen LogP contribution in [-0.2, 0) is 22.4 Å². The first-order chi connectivity index (χ1) is 19.3. The molecule has 0 fully saturated rings. The minimum Gasteiger partial charge on any atom is -0.490 e. The summed E-state index contributed by atoms with van der Waals surface area (Å²) < 4.78 is 25.2. The molecule has 0 saturated heterocycles. The Bertz CT molecular complexity index is 1550. The maximum atomic E-state index is 13.1. The number of hydrogen-bond acceptors (Lipinski definition) is 7. The van der Waals surface area contributed by atoms with Crippen molar-refractivity contribution >= 4 is 62.5 Å². The molecule has 1 aliphatic carbocycles. The summed E-state index contributed by atoms with van der Waals surface area (Å²) in [5.41, 5.74) is 2.29. The number of anilines is 2. The summed E-state index contributed by atoms with van der Waals surface area (Å²) in [5.74, 6) is -0.786. The van der Waals surface area contributed by atoms with E-state index in [9.17, 15) is 24.5 Å². The number of amides is 2. The molecule has 11 heteroatoms. The fourth-order valence-corrected chi connectivity index (χ4v) is 6.22. The molecule has 2 amide bonds. The highest BCUT2D eigenvalue weighted by atomic mass is 127. The lowest BCUT2D eigenvalue weighted by atomic mass is 9.96. The van der Waals surface area contributed by atoms with Crippen molar-refractivity contribution in [2.75, 3.05) is 23.8 Å². The average Bonchev–Trinajstić information content (AvgIpc) is 3.29. The zero-order valence-electron chi connectivity index (χ0n) is 21.5. The summed E-state index contributed by atoms with van der Waals surface area (Å²) in [6.45, 7) is 1.79. The van der Waals surface area contributed by atoms with Crippen molar-refractivity contribution in [3.8, 4) is 23.6 Å². The summed E-state index contributed by atoms with van der Waals surface area (Å²) in [5, 5.41) is 25.3. The second-order valence-corrected chi connectivity index (χ2v) is 11.0. The molecular formula is C29H24FIN4O4S. The number of ether oxygens (including phenoxy) is 2. The van der Waals surface area contributed by atoms with Crippen molar-refractivity contribution in [3.05, 3.63) is 72.9 Å². The van der Waals surface area contributed by atoms with E-state index in [4.69, 9.17) is 9.47 Å². The van der Waals surface area contributed by atoms with Crippen LogP contribution in [0.4, 0.5) is 15.1 Å². The van der Waals surface area contributed by atoms with Crippen LogP contribution >= 0.6 is 33.9 Å². The molecule has 0 saturated carbocycles. The molecule has 4 rings (SSSR count). The van der Waals surface area contributed by atoms with Crippen LogP contribution in [0, 0.1) is 32.0 Å². The zero-order chi connectivity index (χ0) is 28.6. The molecule has 1 aliphatic rings. The van der Waals surface area contributed by atoms with Crippen molar-refractivity contribution in [1.82, 2.24) is 0 Å². The van der Waals surface area contributed by atoms with Crippen LogP contribution in [0.3, 0.4) is 0 Å². The monoisotopic (exact) mass is 670 g/mol. The van der Waals surface area contributed by atoms with Crippen molar-refractivity contribution in [2.45, 2.75) is 32.6 Å². The Labute approximate surface area is 248 Å². The topological polar surface area (TPSA) is 124 Å². The van der Waals surface area contributed by atoms with Crippen LogP contribution in [0.1, 0.15) is 41.3 Å². The Morgan fingerprint density at radius 2 is 1.88 bits per heavy atom. The molecule has 1 heterocycles. The van der Waals surface area contributed by atoms with E-state index < -0.39 is 17.6 Å². The van der Waals surface area contributed by atoms with Gasteiger partial charge in [-0.25, -0.2) is 4.39 Å². The largest absolute Gasteiger partial charge is 0.490 e. The SMILES string of the molecule is CCOc1cc(/C=C(\C#N)C(=O)Nc2sc3c(c2C#N)CCCC3)cc(I)c1OCC(=O)Nc1ccc(F)cc1. The number of nitriles is 2. The third kappa shape index (κ3) is 6.97. The molecular weight excluding hydrogens is 646 g/mol. The van der Waals surface area contributed by atoms with Crippen LogP contribution in [0.5, 0.6) is 11.5 Å². The minimum atomic E-state index is -0.608. The van der Waals surface area contributed by atoms with E-state index in [0.29, 0.717) is 43.5 Å². The first kappa shape index (κ1) is 29.1. The summed E-state index contributed by atoms with van der Waals surface area (Å²) >= 11 is 3.42. The highest BCUT2D eigenvalue weighted by Crippen LogP contribution is 2.38. The van der Waals surface area contributed by atoms with Gasteiger partial charge in [0.2, 0.25) is 0 Å². The zero-order valence-corrected chi connectivity index (χ0v) is 24.4. The summed E-state index contributed by atoms with van der Waals surface area (Å²) in [4.78, 5) is 26.5. The number of halogens is 2. The molecule has 0 unspecified atom stereocenters. The van der Waals surface area contributed by atoms with Crippen molar-refractivity contribution in [1.29, 1.82) is 10.5 Å². The molecule has 0 aliphatic heterocycles. The van der Waals surface area contributed by atoms with Gasteiger partial charge >= 0.3 is 0 Å². The van der Waals surface area contributed by atoms with Gasteiger partial charge < -0.3 is 20.1 Å². The van der Waals surface area contributed by atoms with Gasteiger partial charge in [-0.1, -0.05) is 0 Å². The maximum absolute atomic E-state index is 13.1. The summed E-state index contributed by atoms with van der Waals surface area (Å²) in [6.07, 6.45) is 5.19. The Morgan fingerprint density at radius 3 is 2.58 bits per heavy atom. The van der Waals surface area contributed by atoms with Crippen LogP contribution in [0.2, 0.25) is 0 Å². The fourth-order valence-electron chi connectivity index (χ4n) is 4.20. The standard InChI is InChI=1S/C29H24FIN4O4S/c1-2-38-24-13-17(12-23(31)27(24)39-16-26(36)34-20-9-7-19(30)8-10-20)11-18(14-32)28(37)35-29-22(15-33)21-5-3-4-6-25(21)40-29/h7-13H,2-6,16H2,1H3,(H,34,36)(H,35,37)/b18-11+. The van der Waals surface area contributed by atoms with E-state index in [1.807, 2.05) is 28.7 Å². The Balaban J connectivity index is 1.51. The predicted molar refractivity (Wildman–Crippen MR) is 159 cm³/mol. The van der Waals surface area contributed by atoms with E-state index in [2.05, 4.69) is 16.7 Å². The van der Waals surface area contributed by atoms with E-state index in [0.717, 1.165) is 36.1 Å². The summed E-state index contributed by atoms with van der Waals surface area (Å²) in [7, 11) is 0. The van der Waals surface area contributed by atoms with Crippen molar-refractivity contribution < 1.29 is 23.5 Å². The van der Waals surface area contributed by atoms with Gasteiger partial charge in [0, 0.05) is 10.6 Å². The van der Waals surface area contributed by atoms with E-state index in [-0.39, 0.29) is 12.2 Å². The molecule has 3 aromatic rings. The molecule has 0 bridgehead atoms. The number of nitrogens with zero attached hydrogens (tertiary/aromatic N) is 2. The third-order valence-corrected chi connectivity index (χ3v) is 8.00. The predicted octanol–water partition coefficient (Wildman–Crippen LogP) is 6.20. The molecule has 0 spiro atoms. The van der Waals surface area contributed by atoms with Crippen LogP contribution in [-0.4, -0.2) is 25.0 Å². The van der Waals surface area contributed by atoms with E-state index in [1.165, 1.54) is 41.7 Å². The Morgan fingerprint density at radius 1 is 1.12 bits per heavy atom. The number of aryl methyl sites for hydroxylation is 1. The van der Waals surface area contributed by atoms with Gasteiger partial charge in [-0.05, 0) is 109 Å². The Kier molecular flexibility index (Phi) is 9.74. The van der Waals surface area contributed by atoms with Crippen LogP contribution in [0.15, 0.2) is 42.0 Å². The molecule has 40 heavy (non-hydrogen) atoms. The van der Waals surface area contributed by atoms with Crippen molar-refractivity contribution in [3.63, 3.8) is 0 Å². The fraction of sp³-hybridized carbons (Fsp3) is 0.241. The number of fused-ring (bicyclic) bond motifs is 1. The molecule has 0 radical (unpaired) electrons. The Hall–Kier alpha value is -3.94. The molecule has 1 aromatic heterocycles. The first-order valence-corrected chi connectivity index (χ1v) is 14.3. The third-order valence-electron chi connectivity index (χ3n) is 5.99. The number of thiophene rings is 1. The highest BCUT2D eigenvalue weighted by molar-refractivity contribution is 14.1. The van der Waals surface area contributed by atoms with Gasteiger partial charge in [0.15, 0.2) is 18.1 Å². The van der Waals surface area contributed by atoms with Gasteiger partial charge in [-0.15, -0.1) is 11.3 Å². The normalized spacial score (nSPS) is 12.5.